The molecule has 1 aromatic carbocycles. The van der Waals surface area contributed by atoms with Crippen LogP contribution in [0.15, 0.2) is 24.3 Å². The minimum Gasteiger partial charge on any atom is -0.494 e. The molecule has 0 radical (unpaired) electrons. The molecule has 0 aliphatic rings. The van der Waals surface area contributed by atoms with Crippen molar-refractivity contribution in [3.05, 3.63) is 29.8 Å². The van der Waals surface area contributed by atoms with E-state index in [1.807, 2.05) is 11.8 Å². The summed E-state index contributed by atoms with van der Waals surface area (Å²) in [5.41, 5.74) is 1.32. The number of hydrogen-bond acceptors (Lipinski definition) is 3. The Morgan fingerprint density at radius 1 is 1.21 bits per heavy atom. The lowest BCUT2D eigenvalue weighted by molar-refractivity contribution is 0.317. The molecule has 0 aliphatic heterocycles. The van der Waals surface area contributed by atoms with E-state index in [0.717, 1.165) is 30.6 Å². The Morgan fingerprint density at radius 2 is 1.89 bits per heavy atom. The molecule has 0 saturated carbocycles. The summed E-state index contributed by atoms with van der Waals surface area (Å²) in [6.07, 6.45) is 4.43. The van der Waals surface area contributed by atoms with Crippen molar-refractivity contribution >= 4 is 11.8 Å². The lowest BCUT2D eigenvalue weighted by Gasteiger charge is -2.16. The van der Waals surface area contributed by atoms with Crippen LogP contribution in [-0.2, 0) is 0 Å². The van der Waals surface area contributed by atoms with E-state index in [1.165, 1.54) is 12.0 Å². The largest absolute Gasteiger partial charge is 0.494 e. The Balaban J connectivity index is 2.37. The Labute approximate surface area is 122 Å². The Bertz CT molecular complexity index is 339. The number of hydrogen-bond donors (Lipinski definition) is 1. The summed E-state index contributed by atoms with van der Waals surface area (Å²) in [6, 6.07) is 8.83. The van der Waals surface area contributed by atoms with Crippen LogP contribution < -0.4 is 10.1 Å². The van der Waals surface area contributed by atoms with E-state index in [2.05, 4.69) is 56.6 Å². The SMILES string of the molecule is CCCOc1ccc(C(C)NCCC(C)SC)cc1. The van der Waals surface area contributed by atoms with Crippen molar-refractivity contribution in [2.24, 2.45) is 0 Å². The predicted octanol–water partition coefficient (Wildman–Crippen LogP) is 4.27. The van der Waals surface area contributed by atoms with Crippen LogP contribution in [0.5, 0.6) is 5.75 Å². The molecule has 2 nitrogen and oxygen atoms in total. The third-order valence-electron chi connectivity index (χ3n) is 3.26. The second-order valence-corrected chi connectivity index (χ2v) is 6.20. The first kappa shape index (κ1) is 16.4. The van der Waals surface area contributed by atoms with Gasteiger partial charge in [-0.05, 0) is 50.3 Å². The maximum absolute atomic E-state index is 5.59. The van der Waals surface area contributed by atoms with E-state index < -0.39 is 0 Å². The van der Waals surface area contributed by atoms with Crippen LogP contribution in [0.1, 0.15) is 45.2 Å². The van der Waals surface area contributed by atoms with Gasteiger partial charge in [0.2, 0.25) is 0 Å². The van der Waals surface area contributed by atoms with E-state index >= 15 is 0 Å². The molecule has 2 atom stereocenters. The van der Waals surface area contributed by atoms with Gasteiger partial charge in [0, 0.05) is 11.3 Å². The molecule has 0 heterocycles. The van der Waals surface area contributed by atoms with Gasteiger partial charge < -0.3 is 10.1 Å². The molecule has 3 heteroatoms. The summed E-state index contributed by atoms with van der Waals surface area (Å²) in [5, 5.41) is 4.30. The molecule has 0 amide bonds. The van der Waals surface area contributed by atoms with E-state index in [1.54, 1.807) is 0 Å². The number of benzene rings is 1. The highest BCUT2D eigenvalue weighted by Crippen LogP contribution is 2.18. The van der Waals surface area contributed by atoms with Crippen LogP contribution in [0.3, 0.4) is 0 Å². The topological polar surface area (TPSA) is 21.3 Å². The van der Waals surface area contributed by atoms with Crippen LogP contribution in [0, 0.1) is 0 Å². The lowest BCUT2D eigenvalue weighted by atomic mass is 10.1. The first-order valence-corrected chi connectivity index (χ1v) is 8.45. The van der Waals surface area contributed by atoms with Gasteiger partial charge in [-0.15, -0.1) is 0 Å². The molecule has 1 rings (SSSR count). The fourth-order valence-corrected chi connectivity index (χ4v) is 2.16. The summed E-state index contributed by atoms with van der Waals surface area (Å²) in [5.74, 6) is 0.966. The molecule has 0 bridgehead atoms. The molecular weight excluding hydrogens is 254 g/mol. The summed E-state index contributed by atoms with van der Waals surface area (Å²) < 4.78 is 5.59. The standard InChI is InChI=1S/C16H27NOS/c1-5-12-18-16-8-6-15(7-9-16)14(3)17-11-10-13(2)19-4/h6-9,13-14,17H,5,10-12H2,1-4H3. The average Bonchev–Trinajstić information content (AvgIpc) is 2.45. The second kappa shape index (κ2) is 9.27. The zero-order valence-corrected chi connectivity index (χ0v) is 13.4. The van der Waals surface area contributed by atoms with Gasteiger partial charge in [-0.3, -0.25) is 0 Å². The van der Waals surface area contributed by atoms with Gasteiger partial charge in [0.1, 0.15) is 5.75 Å². The molecule has 0 saturated heterocycles. The lowest BCUT2D eigenvalue weighted by Crippen LogP contribution is -2.21. The number of rotatable bonds is 9. The van der Waals surface area contributed by atoms with Gasteiger partial charge in [0.05, 0.1) is 6.61 Å². The molecule has 1 N–H and O–H groups in total. The first-order chi connectivity index (χ1) is 9.17. The summed E-state index contributed by atoms with van der Waals surface area (Å²) in [7, 11) is 0. The van der Waals surface area contributed by atoms with E-state index in [-0.39, 0.29) is 0 Å². The molecule has 108 valence electrons. The highest BCUT2D eigenvalue weighted by molar-refractivity contribution is 7.99. The third-order valence-corrected chi connectivity index (χ3v) is 4.30. The Kier molecular flexibility index (Phi) is 7.99. The number of thioether (sulfide) groups is 1. The Morgan fingerprint density at radius 3 is 2.47 bits per heavy atom. The van der Waals surface area contributed by atoms with Crippen molar-refractivity contribution < 1.29 is 4.74 Å². The quantitative estimate of drug-likeness (QED) is 0.730. The number of ether oxygens (including phenoxy) is 1. The van der Waals surface area contributed by atoms with E-state index in [4.69, 9.17) is 4.74 Å². The van der Waals surface area contributed by atoms with Crippen molar-refractivity contribution in [3.63, 3.8) is 0 Å². The zero-order chi connectivity index (χ0) is 14.1. The van der Waals surface area contributed by atoms with Crippen molar-refractivity contribution in [2.75, 3.05) is 19.4 Å². The average molecular weight is 281 g/mol. The van der Waals surface area contributed by atoms with Gasteiger partial charge in [0.15, 0.2) is 0 Å². The molecule has 0 aliphatic carbocycles. The third kappa shape index (κ3) is 6.35. The van der Waals surface area contributed by atoms with Crippen molar-refractivity contribution in [2.45, 2.75) is 44.9 Å². The zero-order valence-electron chi connectivity index (χ0n) is 12.6. The monoisotopic (exact) mass is 281 g/mol. The summed E-state index contributed by atoms with van der Waals surface area (Å²) >= 11 is 1.93. The number of nitrogens with one attached hydrogen (secondary N) is 1. The van der Waals surface area contributed by atoms with Crippen LogP contribution in [0.4, 0.5) is 0 Å². The molecule has 19 heavy (non-hydrogen) atoms. The van der Waals surface area contributed by atoms with Gasteiger partial charge in [-0.2, -0.15) is 11.8 Å². The van der Waals surface area contributed by atoms with Crippen LogP contribution in [-0.4, -0.2) is 24.7 Å². The van der Waals surface area contributed by atoms with Crippen LogP contribution >= 0.6 is 11.8 Å². The molecule has 0 spiro atoms. The normalized spacial score (nSPS) is 14.1. The maximum Gasteiger partial charge on any atom is 0.119 e. The molecule has 0 fully saturated rings. The van der Waals surface area contributed by atoms with Crippen molar-refractivity contribution in [3.8, 4) is 5.75 Å². The van der Waals surface area contributed by atoms with Crippen LogP contribution in [0.2, 0.25) is 0 Å². The van der Waals surface area contributed by atoms with E-state index in [0.29, 0.717) is 6.04 Å². The smallest absolute Gasteiger partial charge is 0.119 e. The van der Waals surface area contributed by atoms with Crippen molar-refractivity contribution in [1.29, 1.82) is 0 Å². The van der Waals surface area contributed by atoms with E-state index in [9.17, 15) is 0 Å². The van der Waals surface area contributed by atoms with Gasteiger partial charge in [0.25, 0.3) is 0 Å². The van der Waals surface area contributed by atoms with Crippen molar-refractivity contribution in [1.82, 2.24) is 5.32 Å². The molecule has 1 aromatic rings. The predicted molar refractivity (Wildman–Crippen MR) is 86.2 cm³/mol. The molecule has 0 aromatic heterocycles. The van der Waals surface area contributed by atoms with Crippen LogP contribution in [0.25, 0.3) is 0 Å². The molecule has 2 unspecified atom stereocenters. The summed E-state index contributed by atoms with van der Waals surface area (Å²) in [6.45, 7) is 8.47. The van der Waals surface area contributed by atoms with Gasteiger partial charge in [-0.1, -0.05) is 26.0 Å². The minimum absolute atomic E-state index is 0.397. The van der Waals surface area contributed by atoms with Gasteiger partial charge in [-0.25, -0.2) is 0 Å². The fourth-order valence-electron chi connectivity index (χ4n) is 1.81. The molecular formula is C16H27NOS. The van der Waals surface area contributed by atoms with Gasteiger partial charge >= 0.3 is 0 Å². The maximum atomic E-state index is 5.59. The first-order valence-electron chi connectivity index (χ1n) is 7.16. The fraction of sp³-hybridized carbons (Fsp3) is 0.625. The highest BCUT2D eigenvalue weighted by Gasteiger charge is 2.06. The second-order valence-electron chi connectivity index (χ2n) is 4.93. The highest BCUT2D eigenvalue weighted by atomic mass is 32.2. The Hall–Kier alpha value is -0.670. The summed E-state index contributed by atoms with van der Waals surface area (Å²) in [4.78, 5) is 0. The minimum atomic E-state index is 0.397.